The second kappa shape index (κ2) is 7.83. The zero-order valence-electron chi connectivity index (χ0n) is 16.0. The van der Waals surface area contributed by atoms with Crippen molar-refractivity contribution in [3.8, 4) is 11.1 Å². The Bertz CT molecular complexity index is 1040. The van der Waals surface area contributed by atoms with Crippen LogP contribution in [0.1, 0.15) is 34.5 Å². The van der Waals surface area contributed by atoms with Crippen molar-refractivity contribution in [1.82, 2.24) is 15.0 Å². The lowest BCUT2D eigenvalue weighted by Crippen LogP contribution is -2.31. The molecular weight excluding hydrogens is 375 g/mol. The Morgan fingerprint density at radius 1 is 1.17 bits per heavy atom. The fraction of sp³-hybridized carbons (Fsp3) is 0.238. The first-order valence-electron chi connectivity index (χ1n) is 9.11. The molecule has 4 rings (SSSR count). The van der Waals surface area contributed by atoms with Crippen molar-refractivity contribution in [3.63, 3.8) is 0 Å². The molecule has 0 bridgehead atoms. The number of benzene rings is 2. The Hall–Kier alpha value is -3.55. The quantitative estimate of drug-likeness (QED) is 0.629. The van der Waals surface area contributed by atoms with Gasteiger partial charge in [-0.2, -0.15) is 4.98 Å². The van der Waals surface area contributed by atoms with Crippen molar-refractivity contribution >= 4 is 11.6 Å². The van der Waals surface area contributed by atoms with E-state index < -0.39 is 6.04 Å². The molecule has 29 heavy (non-hydrogen) atoms. The summed E-state index contributed by atoms with van der Waals surface area (Å²) in [6.45, 7) is 2.05. The Labute approximate surface area is 166 Å². The van der Waals surface area contributed by atoms with E-state index in [9.17, 15) is 9.18 Å². The van der Waals surface area contributed by atoms with Crippen molar-refractivity contribution in [2.24, 2.45) is 5.16 Å². The normalized spacial score (nSPS) is 17.7. The van der Waals surface area contributed by atoms with Crippen LogP contribution in [0.4, 0.5) is 4.39 Å². The Morgan fingerprint density at radius 3 is 2.41 bits per heavy atom. The number of amides is 1. The monoisotopic (exact) mass is 394 g/mol. The van der Waals surface area contributed by atoms with Crippen LogP contribution in [-0.2, 0) is 4.84 Å². The molecule has 3 aromatic rings. The lowest BCUT2D eigenvalue weighted by atomic mass is 10.0. The number of aryl methyl sites for hydroxylation is 1. The van der Waals surface area contributed by atoms with E-state index in [1.807, 2.05) is 12.1 Å². The second-order valence-corrected chi connectivity index (χ2v) is 6.76. The maximum absolute atomic E-state index is 13.2. The van der Waals surface area contributed by atoms with Crippen LogP contribution in [-0.4, -0.2) is 40.3 Å². The van der Waals surface area contributed by atoms with Gasteiger partial charge < -0.3 is 14.3 Å². The first kappa shape index (κ1) is 18.8. The van der Waals surface area contributed by atoms with Gasteiger partial charge in [0.1, 0.15) is 19.0 Å². The molecule has 1 saturated heterocycles. The van der Waals surface area contributed by atoms with Gasteiger partial charge in [0.15, 0.2) is 5.82 Å². The van der Waals surface area contributed by atoms with Crippen LogP contribution in [0.5, 0.6) is 0 Å². The molecule has 1 aliphatic rings. The Kier molecular flexibility index (Phi) is 5.07. The highest BCUT2D eigenvalue weighted by atomic mass is 19.1. The van der Waals surface area contributed by atoms with Crippen LogP contribution in [0, 0.1) is 12.7 Å². The molecule has 1 unspecified atom stereocenters. The molecule has 0 radical (unpaired) electrons. The molecule has 7 nitrogen and oxygen atoms in total. The molecule has 0 spiro atoms. The minimum atomic E-state index is -0.394. The van der Waals surface area contributed by atoms with E-state index in [1.54, 1.807) is 36.1 Å². The van der Waals surface area contributed by atoms with Gasteiger partial charge in [-0.1, -0.05) is 34.6 Å². The topological polar surface area (TPSA) is 80.8 Å². The van der Waals surface area contributed by atoms with E-state index >= 15 is 0 Å². The number of carbonyl (C=O) groups excluding carboxylic acids is 1. The number of nitrogens with zero attached hydrogens (tertiary/aromatic N) is 4. The van der Waals surface area contributed by atoms with Crippen LogP contribution in [0.15, 0.2) is 58.2 Å². The van der Waals surface area contributed by atoms with Gasteiger partial charge in [-0.15, -0.1) is 0 Å². The number of hydrogen-bond donors (Lipinski definition) is 0. The van der Waals surface area contributed by atoms with Gasteiger partial charge in [0.05, 0.1) is 12.3 Å². The van der Waals surface area contributed by atoms with Gasteiger partial charge in [0, 0.05) is 12.0 Å². The number of aromatic nitrogens is 2. The predicted molar refractivity (Wildman–Crippen MR) is 104 cm³/mol. The fourth-order valence-corrected chi connectivity index (χ4v) is 3.40. The third-order valence-electron chi connectivity index (χ3n) is 4.78. The lowest BCUT2D eigenvalue weighted by molar-refractivity contribution is 0.0713. The van der Waals surface area contributed by atoms with Crippen LogP contribution < -0.4 is 0 Å². The van der Waals surface area contributed by atoms with Gasteiger partial charge in [-0.05, 0) is 42.3 Å². The average molecular weight is 394 g/mol. The number of hydrogen-bond acceptors (Lipinski definition) is 6. The lowest BCUT2D eigenvalue weighted by Gasteiger charge is -2.21. The molecule has 1 aromatic heterocycles. The molecule has 2 aromatic carbocycles. The highest BCUT2D eigenvalue weighted by Crippen LogP contribution is 2.31. The van der Waals surface area contributed by atoms with E-state index in [4.69, 9.17) is 9.36 Å². The van der Waals surface area contributed by atoms with E-state index in [2.05, 4.69) is 15.3 Å². The van der Waals surface area contributed by atoms with E-state index in [-0.39, 0.29) is 11.7 Å². The van der Waals surface area contributed by atoms with Gasteiger partial charge in [0.2, 0.25) is 5.89 Å². The van der Waals surface area contributed by atoms with Crippen molar-refractivity contribution in [2.75, 3.05) is 13.7 Å². The van der Waals surface area contributed by atoms with Crippen molar-refractivity contribution in [3.05, 3.63) is 71.6 Å². The number of rotatable bonds is 4. The summed E-state index contributed by atoms with van der Waals surface area (Å²) in [7, 11) is 1.47. The summed E-state index contributed by atoms with van der Waals surface area (Å²) in [5.41, 5.74) is 3.02. The van der Waals surface area contributed by atoms with Gasteiger partial charge in [0.25, 0.3) is 5.91 Å². The molecule has 2 heterocycles. The minimum Gasteiger partial charge on any atom is -0.399 e. The minimum absolute atomic E-state index is 0.169. The molecule has 8 heteroatoms. The number of oxime groups is 1. The highest BCUT2D eigenvalue weighted by Gasteiger charge is 2.38. The molecule has 1 atom stereocenters. The van der Waals surface area contributed by atoms with E-state index in [0.29, 0.717) is 30.2 Å². The summed E-state index contributed by atoms with van der Waals surface area (Å²) in [6, 6.07) is 13.0. The highest BCUT2D eigenvalue weighted by molar-refractivity contribution is 6.00. The van der Waals surface area contributed by atoms with E-state index in [1.165, 1.54) is 19.2 Å². The fourth-order valence-electron chi connectivity index (χ4n) is 3.40. The van der Waals surface area contributed by atoms with Gasteiger partial charge >= 0.3 is 0 Å². The Morgan fingerprint density at radius 2 is 1.83 bits per heavy atom. The molecule has 1 fully saturated rings. The molecule has 0 N–H and O–H groups in total. The third-order valence-corrected chi connectivity index (χ3v) is 4.78. The molecule has 1 aliphatic heterocycles. The summed E-state index contributed by atoms with van der Waals surface area (Å²) in [6.07, 6.45) is 0.467. The summed E-state index contributed by atoms with van der Waals surface area (Å²) in [4.78, 5) is 24.0. The third kappa shape index (κ3) is 3.87. The van der Waals surface area contributed by atoms with Crippen molar-refractivity contribution in [1.29, 1.82) is 0 Å². The van der Waals surface area contributed by atoms with Crippen LogP contribution in [0.2, 0.25) is 0 Å². The summed E-state index contributed by atoms with van der Waals surface area (Å²) >= 11 is 0. The second-order valence-electron chi connectivity index (χ2n) is 6.76. The molecule has 0 aliphatic carbocycles. The maximum Gasteiger partial charge on any atom is 0.254 e. The molecule has 1 amide bonds. The summed E-state index contributed by atoms with van der Waals surface area (Å²) in [5.74, 6) is 0.427. The number of likely N-dealkylation sites (tertiary alicyclic amines) is 1. The van der Waals surface area contributed by atoms with Crippen LogP contribution in [0.25, 0.3) is 11.1 Å². The smallest absolute Gasteiger partial charge is 0.254 e. The van der Waals surface area contributed by atoms with Crippen molar-refractivity contribution < 1.29 is 18.5 Å². The first-order chi connectivity index (χ1) is 14.0. The predicted octanol–water partition coefficient (Wildman–Crippen LogP) is 3.77. The van der Waals surface area contributed by atoms with Crippen molar-refractivity contribution in [2.45, 2.75) is 19.4 Å². The van der Waals surface area contributed by atoms with Gasteiger partial charge in [-0.25, -0.2) is 4.39 Å². The zero-order valence-corrected chi connectivity index (χ0v) is 16.0. The van der Waals surface area contributed by atoms with Crippen LogP contribution in [0.3, 0.4) is 0 Å². The van der Waals surface area contributed by atoms with Crippen LogP contribution >= 0.6 is 0 Å². The summed E-state index contributed by atoms with van der Waals surface area (Å²) in [5, 5.41) is 7.82. The Balaban J connectivity index is 1.59. The number of carbonyl (C=O) groups is 1. The zero-order chi connectivity index (χ0) is 20.4. The molecular formula is C21H19FN4O3. The largest absolute Gasteiger partial charge is 0.399 e. The van der Waals surface area contributed by atoms with E-state index in [0.717, 1.165) is 16.8 Å². The first-order valence-corrected chi connectivity index (χ1v) is 9.11. The number of halogens is 1. The molecule has 0 saturated carbocycles. The standard InChI is InChI=1S/C21H19FN4O3/c1-13-23-20(29-24-13)19-11-18(25-28-2)12-26(19)21(27)16-5-3-14(4-6-16)15-7-9-17(22)10-8-15/h3-10,19H,11-12H2,1-2H3. The molecule has 148 valence electrons. The average Bonchev–Trinajstić information content (AvgIpc) is 3.35. The maximum atomic E-state index is 13.2. The summed E-state index contributed by atoms with van der Waals surface area (Å²) < 4.78 is 18.4. The SMILES string of the molecule is CON=C1CC(c2nc(C)no2)N(C(=O)c2ccc(-c3ccc(F)cc3)cc2)C1. The van der Waals surface area contributed by atoms with Gasteiger partial charge in [-0.3, -0.25) is 4.79 Å².